The SMILES string of the molecule is Cl[Si](Cl)Cl.Cl[Si](Cl)Cl.c1cc[c]([Ge][c]2ccccc2)cc1.c1cc[c]([Ge][c]2ccccc2)cc1. The molecule has 0 nitrogen and oxygen atoms in total. The van der Waals surface area contributed by atoms with Crippen molar-refractivity contribution in [1.82, 2.24) is 0 Å². The fourth-order valence-electron chi connectivity index (χ4n) is 2.42. The molecule has 4 aromatic carbocycles. The molecule has 0 aromatic heterocycles. The van der Waals surface area contributed by atoms with Crippen LogP contribution in [0.4, 0.5) is 0 Å². The first kappa shape index (κ1) is 32.2. The average Bonchev–Trinajstić information content (AvgIpc) is 2.82. The Morgan fingerprint density at radius 1 is 0.324 bits per heavy atom. The Hall–Kier alpha value is 0.139. The number of benzene rings is 4. The monoisotopic (exact) mass is 722 g/mol. The molecule has 10 heteroatoms. The minimum atomic E-state index is -1.46. The topological polar surface area (TPSA) is 0 Å². The standard InChI is InChI=1S/2C12H10Ge.2Cl3Si/c2*1-3-7-11(8-4-1)13-12-9-5-2-6-10-12;2*1-4(2)3/h2*1-10H;;. The Morgan fingerprint density at radius 2 is 0.471 bits per heavy atom. The van der Waals surface area contributed by atoms with Gasteiger partial charge in [-0.05, 0) is 0 Å². The van der Waals surface area contributed by atoms with Crippen molar-refractivity contribution in [2.45, 2.75) is 0 Å². The summed E-state index contributed by atoms with van der Waals surface area (Å²) in [5.41, 5.74) is 0. The fourth-order valence-corrected chi connectivity index (χ4v) is 6.83. The predicted octanol–water partition coefficient (Wildman–Crippen LogP) is 6.06. The first-order valence-electron chi connectivity index (χ1n) is 9.78. The molecule has 0 N–H and O–H groups in total. The van der Waals surface area contributed by atoms with Gasteiger partial charge in [0.05, 0.1) is 0 Å². The summed E-state index contributed by atoms with van der Waals surface area (Å²) >= 11 is 29.2. The van der Waals surface area contributed by atoms with Gasteiger partial charge in [-0.2, -0.15) is 0 Å². The molecule has 0 aliphatic rings. The van der Waals surface area contributed by atoms with Crippen LogP contribution >= 0.6 is 66.5 Å². The molecule has 0 fully saturated rings. The van der Waals surface area contributed by atoms with Crippen molar-refractivity contribution in [3.8, 4) is 0 Å². The molecule has 0 aliphatic carbocycles. The summed E-state index contributed by atoms with van der Waals surface area (Å²) in [6, 6.07) is 42.9. The van der Waals surface area contributed by atoms with Gasteiger partial charge in [0.1, 0.15) is 0 Å². The maximum atomic E-state index is 4.91. The van der Waals surface area contributed by atoms with E-state index < -0.39 is 13.5 Å². The summed E-state index contributed by atoms with van der Waals surface area (Å²) in [6.07, 6.45) is 0. The van der Waals surface area contributed by atoms with Gasteiger partial charge in [-0.3, -0.25) is 0 Å². The van der Waals surface area contributed by atoms with Crippen molar-refractivity contribution in [3.63, 3.8) is 0 Å². The molecular weight excluding hydrogens is 702 g/mol. The van der Waals surface area contributed by atoms with Gasteiger partial charge in [-0.15, -0.1) is 66.5 Å². The molecule has 0 bridgehead atoms. The van der Waals surface area contributed by atoms with E-state index in [0.717, 1.165) is 0 Å². The van der Waals surface area contributed by atoms with Crippen LogP contribution in [0.15, 0.2) is 121 Å². The van der Waals surface area contributed by atoms with Crippen molar-refractivity contribution in [2.24, 2.45) is 0 Å². The van der Waals surface area contributed by atoms with Crippen LogP contribution in [0.1, 0.15) is 0 Å². The van der Waals surface area contributed by atoms with Gasteiger partial charge in [0.15, 0.2) is 0 Å². The number of hydrogen-bond acceptors (Lipinski definition) is 0. The Labute approximate surface area is 247 Å². The Balaban J connectivity index is 0.000000261. The maximum absolute atomic E-state index is 4.91. The van der Waals surface area contributed by atoms with Crippen molar-refractivity contribution in [1.29, 1.82) is 0 Å². The molecule has 4 aromatic rings. The van der Waals surface area contributed by atoms with E-state index >= 15 is 0 Å². The van der Waals surface area contributed by atoms with Crippen LogP contribution in [-0.4, -0.2) is 44.3 Å². The zero-order chi connectivity index (χ0) is 25.0. The second-order valence-electron chi connectivity index (χ2n) is 6.14. The van der Waals surface area contributed by atoms with E-state index in [1.54, 1.807) is 0 Å². The molecule has 0 amide bonds. The van der Waals surface area contributed by atoms with Crippen molar-refractivity contribution in [2.75, 3.05) is 0 Å². The zero-order valence-corrected chi connectivity index (χ0v) is 28.5. The van der Waals surface area contributed by atoms with E-state index in [9.17, 15) is 0 Å². The normalized spacial score (nSPS) is 9.65. The second kappa shape index (κ2) is 21.2. The summed E-state index contributed by atoms with van der Waals surface area (Å²) in [4.78, 5) is 0. The summed E-state index contributed by atoms with van der Waals surface area (Å²) in [6.45, 7) is -2.93. The Bertz CT molecular complexity index is 820. The first-order chi connectivity index (χ1) is 16.4. The van der Waals surface area contributed by atoms with Gasteiger partial charge >= 0.3 is 183 Å². The van der Waals surface area contributed by atoms with Crippen LogP contribution in [0.5, 0.6) is 0 Å². The molecule has 34 heavy (non-hydrogen) atoms. The van der Waals surface area contributed by atoms with Gasteiger partial charge in [0.25, 0.3) is 0 Å². The van der Waals surface area contributed by atoms with E-state index in [2.05, 4.69) is 121 Å². The van der Waals surface area contributed by atoms with Crippen LogP contribution in [0.25, 0.3) is 0 Å². The molecule has 174 valence electrons. The third kappa shape index (κ3) is 19.3. The first-order valence-corrected chi connectivity index (χ1v) is 23.0. The Morgan fingerprint density at radius 3 is 0.618 bits per heavy atom. The van der Waals surface area contributed by atoms with Gasteiger partial charge in [0.2, 0.25) is 0 Å². The minimum absolute atomic E-state index is 0.108. The van der Waals surface area contributed by atoms with E-state index in [1.165, 1.54) is 17.6 Å². The zero-order valence-electron chi connectivity index (χ0n) is 17.8. The van der Waals surface area contributed by atoms with E-state index in [-0.39, 0.29) is 30.9 Å². The third-order valence-corrected chi connectivity index (χ3v) is 8.89. The van der Waals surface area contributed by atoms with Crippen molar-refractivity contribution >= 4 is 128 Å². The van der Waals surface area contributed by atoms with Crippen molar-refractivity contribution in [3.05, 3.63) is 121 Å². The molecule has 0 saturated heterocycles. The van der Waals surface area contributed by atoms with E-state index in [0.29, 0.717) is 0 Å². The molecule has 0 atom stereocenters. The Kier molecular flexibility index (Phi) is 20.1. The molecule has 0 spiro atoms. The molecular formula is C24H20Cl6Ge2Si2. The van der Waals surface area contributed by atoms with Gasteiger partial charge in [0, 0.05) is 0 Å². The van der Waals surface area contributed by atoms with E-state index in [1.807, 2.05) is 0 Å². The second-order valence-corrected chi connectivity index (χ2v) is 23.2. The van der Waals surface area contributed by atoms with Gasteiger partial charge < -0.3 is 0 Å². The van der Waals surface area contributed by atoms with Crippen LogP contribution in [0.2, 0.25) is 0 Å². The van der Waals surface area contributed by atoms with Crippen molar-refractivity contribution < 1.29 is 0 Å². The summed E-state index contributed by atoms with van der Waals surface area (Å²) < 4.78 is 5.98. The fraction of sp³-hybridized carbons (Fsp3) is 0. The number of hydrogen-bond donors (Lipinski definition) is 0. The molecule has 0 aliphatic heterocycles. The van der Waals surface area contributed by atoms with Gasteiger partial charge in [-0.25, -0.2) is 0 Å². The number of rotatable bonds is 4. The molecule has 0 saturated carbocycles. The van der Waals surface area contributed by atoms with Crippen LogP contribution in [0, 0.1) is 0 Å². The van der Waals surface area contributed by atoms with Crippen LogP contribution in [0.3, 0.4) is 0 Å². The quantitative estimate of drug-likeness (QED) is 0.178. The molecule has 0 unspecified atom stereocenters. The number of halogens is 6. The molecule has 0 heterocycles. The molecule has 6 radical (unpaired) electrons. The average molecular weight is 723 g/mol. The van der Waals surface area contributed by atoms with Gasteiger partial charge in [-0.1, -0.05) is 0 Å². The van der Waals surface area contributed by atoms with E-state index in [4.69, 9.17) is 66.5 Å². The van der Waals surface area contributed by atoms with Crippen LogP contribution in [-0.2, 0) is 0 Å². The summed E-state index contributed by atoms with van der Waals surface area (Å²) in [5.74, 6) is 0. The summed E-state index contributed by atoms with van der Waals surface area (Å²) in [5, 5.41) is 0. The molecule has 4 rings (SSSR count). The third-order valence-electron chi connectivity index (χ3n) is 3.67. The van der Waals surface area contributed by atoms with Crippen LogP contribution < -0.4 is 17.6 Å². The summed E-state index contributed by atoms with van der Waals surface area (Å²) in [7, 11) is 0. The predicted molar refractivity (Wildman–Crippen MR) is 162 cm³/mol.